The second-order valence-electron chi connectivity index (χ2n) is 7.33. The van der Waals surface area contributed by atoms with E-state index in [1.54, 1.807) is 4.90 Å². The molecule has 0 aromatic heterocycles. The molecule has 0 spiro atoms. The molecule has 0 aliphatic carbocycles. The molecule has 2 amide bonds. The van der Waals surface area contributed by atoms with E-state index in [0.29, 0.717) is 25.9 Å². The van der Waals surface area contributed by atoms with Crippen LogP contribution in [0.4, 0.5) is 4.79 Å². The number of piperidine rings is 1. The number of nitrogens with zero attached hydrogens (tertiary/aromatic N) is 2. The average Bonchev–Trinajstić information content (AvgIpc) is 3.13. The SMILES string of the molecule is O=C(O)COC1CCN(C(=O)[C@@H]2C[C@@H](O)CN2C(=O)OCc2ccccc2)CC1. The van der Waals surface area contributed by atoms with Gasteiger partial charge in [0.1, 0.15) is 19.3 Å². The van der Waals surface area contributed by atoms with E-state index in [-0.39, 0.29) is 38.2 Å². The summed E-state index contributed by atoms with van der Waals surface area (Å²) >= 11 is 0. The number of rotatable bonds is 6. The van der Waals surface area contributed by atoms with Crippen LogP contribution in [0.3, 0.4) is 0 Å². The van der Waals surface area contributed by atoms with Gasteiger partial charge in [0, 0.05) is 19.5 Å². The summed E-state index contributed by atoms with van der Waals surface area (Å²) < 4.78 is 10.6. The number of aliphatic hydroxyl groups excluding tert-OH is 1. The lowest BCUT2D eigenvalue weighted by Crippen LogP contribution is -2.50. The Bertz CT molecular complexity index is 719. The predicted molar refractivity (Wildman–Crippen MR) is 101 cm³/mol. The van der Waals surface area contributed by atoms with Crippen LogP contribution in [0.25, 0.3) is 0 Å². The number of carbonyl (C=O) groups excluding carboxylic acids is 2. The second kappa shape index (κ2) is 9.71. The number of aliphatic carboxylic acids is 1. The van der Waals surface area contributed by atoms with Crippen LogP contribution < -0.4 is 0 Å². The molecule has 1 aromatic carbocycles. The molecule has 2 atom stereocenters. The molecule has 1 aromatic rings. The van der Waals surface area contributed by atoms with Crippen molar-refractivity contribution in [3.8, 4) is 0 Å². The van der Waals surface area contributed by atoms with E-state index in [2.05, 4.69) is 0 Å². The number of aliphatic hydroxyl groups is 1. The van der Waals surface area contributed by atoms with Gasteiger partial charge in [-0.2, -0.15) is 0 Å². The van der Waals surface area contributed by atoms with Gasteiger partial charge in [0.25, 0.3) is 0 Å². The lowest BCUT2D eigenvalue weighted by Gasteiger charge is -2.34. The molecule has 3 rings (SSSR count). The molecule has 2 saturated heterocycles. The van der Waals surface area contributed by atoms with Crippen LogP contribution in [0.2, 0.25) is 0 Å². The zero-order chi connectivity index (χ0) is 20.8. The van der Waals surface area contributed by atoms with Crippen molar-refractivity contribution in [1.82, 2.24) is 9.80 Å². The summed E-state index contributed by atoms with van der Waals surface area (Å²) in [6.45, 7) is 0.640. The van der Waals surface area contributed by atoms with Gasteiger partial charge < -0.3 is 24.6 Å². The number of β-amino-alcohol motifs (C(OH)–C–C–N with tert-alkyl or cyclic N) is 1. The van der Waals surface area contributed by atoms with Crippen molar-refractivity contribution in [2.24, 2.45) is 0 Å². The number of carbonyl (C=O) groups is 3. The highest BCUT2D eigenvalue weighted by Crippen LogP contribution is 2.24. The van der Waals surface area contributed by atoms with E-state index < -0.39 is 24.2 Å². The molecule has 9 heteroatoms. The number of hydrogen-bond acceptors (Lipinski definition) is 6. The highest BCUT2D eigenvalue weighted by Gasteiger charge is 2.42. The molecule has 2 aliphatic rings. The molecular formula is C20H26N2O7. The molecule has 0 bridgehead atoms. The number of amides is 2. The van der Waals surface area contributed by atoms with Crippen molar-refractivity contribution in [2.75, 3.05) is 26.2 Å². The first kappa shape index (κ1) is 21.1. The maximum absolute atomic E-state index is 12.9. The molecule has 0 saturated carbocycles. The number of hydrogen-bond donors (Lipinski definition) is 2. The zero-order valence-corrected chi connectivity index (χ0v) is 16.1. The Kier molecular flexibility index (Phi) is 7.05. The topological polar surface area (TPSA) is 117 Å². The third kappa shape index (κ3) is 5.68. The standard InChI is InChI=1S/C20H26N2O7/c23-15-10-17(19(26)21-8-6-16(7-9-21)28-13-18(24)25)22(11-15)20(27)29-12-14-4-2-1-3-5-14/h1-5,15-17,23H,6-13H2,(H,24,25)/t15-,17+/m1/s1. The van der Waals surface area contributed by atoms with Crippen LogP contribution >= 0.6 is 0 Å². The van der Waals surface area contributed by atoms with Gasteiger partial charge in [-0.05, 0) is 18.4 Å². The molecule has 0 radical (unpaired) electrons. The van der Waals surface area contributed by atoms with Crippen molar-refractivity contribution in [1.29, 1.82) is 0 Å². The summed E-state index contributed by atoms with van der Waals surface area (Å²) in [4.78, 5) is 39.0. The summed E-state index contributed by atoms with van der Waals surface area (Å²) in [7, 11) is 0. The Morgan fingerprint density at radius 2 is 1.79 bits per heavy atom. The maximum Gasteiger partial charge on any atom is 0.410 e. The van der Waals surface area contributed by atoms with Crippen LogP contribution in [0.15, 0.2) is 30.3 Å². The van der Waals surface area contributed by atoms with Crippen molar-refractivity contribution in [3.05, 3.63) is 35.9 Å². The van der Waals surface area contributed by atoms with Crippen molar-refractivity contribution in [3.63, 3.8) is 0 Å². The van der Waals surface area contributed by atoms with Crippen LogP contribution in [-0.4, -0.2) is 82.5 Å². The molecule has 2 fully saturated rings. The van der Waals surface area contributed by atoms with Crippen molar-refractivity contribution >= 4 is 18.0 Å². The zero-order valence-electron chi connectivity index (χ0n) is 16.1. The van der Waals surface area contributed by atoms with Gasteiger partial charge >= 0.3 is 12.1 Å². The summed E-state index contributed by atoms with van der Waals surface area (Å²) in [5.74, 6) is -1.25. The van der Waals surface area contributed by atoms with Gasteiger partial charge in [0.15, 0.2) is 0 Å². The third-order valence-electron chi connectivity index (χ3n) is 5.20. The summed E-state index contributed by atoms with van der Waals surface area (Å²) in [5, 5.41) is 18.7. The first-order valence-corrected chi connectivity index (χ1v) is 9.71. The minimum atomic E-state index is -1.02. The second-order valence-corrected chi connectivity index (χ2v) is 7.33. The summed E-state index contributed by atoms with van der Waals surface area (Å²) in [6.07, 6.45) is -0.349. The monoisotopic (exact) mass is 406 g/mol. The Labute approximate surface area is 168 Å². The van der Waals surface area contributed by atoms with Gasteiger partial charge in [-0.15, -0.1) is 0 Å². The largest absolute Gasteiger partial charge is 0.480 e. The van der Waals surface area contributed by atoms with Gasteiger partial charge in [0.05, 0.1) is 18.8 Å². The number of ether oxygens (including phenoxy) is 2. The van der Waals surface area contributed by atoms with E-state index >= 15 is 0 Å². The quantitative estimate of drug-likeness (QED) is 0.719. The molecule has 9 nitrogen and oxygen atoms in total. The third-order valence-corrected chi connectivity index (χ3v) is 5.20. The highest BCUT2D eigenvalue weighted by molar-refractivity contribution is 5.86. The fraction of sp³-hybridized carbons (Fsp3) is 0.550. The predicted octanol–water partition coefficient (Wildman–Crippen LogP) is 0.851. The van der Waals surface area contributed by atoms with Crippen molar-refractivity contribution < 1.29 is 34.1 Å². The number of benzene rings is 1. The van der Waals surface area contributed by atoms with E-state index in [0.717, 1.165) is 5.56 Å². The summed E-state index contributed by atoms with van der Waals surface area (Å²) in [6, 6.07) is 8.48. The molecule has 2 heterocycles. The smallest absolute Gasteiger partial charge is 0.410 e. The number of carboxylic acid groups (broad SMARTS) is 1. The van der Waals surface area contributed by atoms with Crippen LogP contribution in [0, 0.1) is 0 Å². The average molecular weight is 406 g/mol. The van der Waals surface area contributed by atoms with Crippen molar-refractivity contribution in [2.45, 2.75) is 44.1 Å². The number of likely N-dealkylation sites (tertiary alicyclic amines) is 2. The fourth-order valence-electron chi connectivity index (χ4n) is 3.69. The Morgan fingerprint density at radius 3 is 2.45 bits per heavy atom. The first-order valence-electron chi connectivity index (χ1n) is 9.71. The van der Waals surface area contributed by atoms with Crippen LogP contribution in [0.5, 0.6) is 0 Å². The van der Waals surface area contributed by atoms with Gasteiger partial charge in [0.2, 0.25) is 5.91 Å². The number of carboxylic acids is 1. The van der Waals surface area contributed by atoms with Crippen LogP contribution in [0.1, 0.15) is 24.8 Å². The Hall–Kier alpha value is -2.65. The normalized spacial score (nSPS) is 22.5. The van der Waals surface area contributed by atoms with E-state index in [4.69, 9.17) is 14.6 Å². The van der Waals surface area contributed by atoms with Crippen LogP contribution in [-0.2, 0) is 25.7 Å². The van der Waals surface area contributed by atoms with E-state index in [9.17, 15) is 19.5 Å². The molecule has 2 N–H and O–H groups in total. The fourth-order valence-corrected chi connectivity index (χ4v) is 3.69. The molecule has 0 unspecified atom stereocenters. The van der Waals surface area contributed by atoms with E-state index in [1.165, 1.54) is 4.90 Å². The van der Waals surface area contributed by atoms with E-state index in [1.807, 2.05) is 30.3 Å². The Morgan fingerprint density at radius 1 is 1.10 bits per heavy atom. The minimum absolute atomic E-state index is 0.0578. The van der Waals surface area contributed by atoms with Gasteiger partial charge in [-0.25, -0.2) is 9.59 Å². The maximum atomic E-state index is 12.9. The van der Waals surface area contributed by atoms with Gasteiger partial charge in [-0.3, -0.25) is 9.69 Å². The van der Waals surface area contributed by atoms with Gasteiger partial charge in [-0.1, -0.05) is 30.3 Å². The lowest BCUT2D eigenvalue weighted by atomic mass is 10.1. The molecular weight excluding hydrogens is 380 g/mol. The minimum Gasteiger partial charge on any atom is -0.480 e. The Balaban J connectivity index is 1.53. The summed E-state index contributed by atoms with van der Waals surface area (Å²) in [5.41, 5.74) is 0.840. The first-order chi connectivity index (χ1) is 13.9. The lowest BCUT2D eigenvalue weighted by molar-refractivity contribution is -0.147. The molecule has 158 valence electrons. The highest BCUT2D eigenvalue weighted by atomic mass is 16.6. The molecule has 2 aliphatic heterocycles. The molecule has 29 heavy (non-hydrogen) atoms.